The number of nitriles is 1. The maximum Gasteiger partial charge on any atom is 0.432 e. The number of alkyl halides is 3. The van der Waals surface area contributed by atoms with Gasteiger partial charge in [-0.15, -0.1) is 0 Å². The van der Waals surface area contributed by atoms with Crippen LogP contribution in [0, 0.1) is 17.2 Å². The van der Waals surface area contributed by atoms with Crippen LogP contribution >= 0.6 is 0 Å². The summed E-state index contributed by atoms with van der Waals surface area (Å²) in [5.74, 6) is -1.12. The number of carbonyl (C=O) groups is 1. The summed E-state index contributed by atoms with van der Waals surface area (Å²) in [6.45, 7) is 1.73. The Labute approximate surface area is 153 Å². The van der Waals surface area contributed by atoms with Crippen LogP contribution in [0.4, 0.5) is 13.2 Å². The molecule has 27 heavy (non-hydrogen) atoms. The van der Waals surface area contributed by atoms with Crippen LogP contribution in [0.1, 0.15) is 41.4 Å². The number of hydrogen-bond donors (Lipinski definition) is 1. The van der Waals surface area contributed by atoms with Crippen molar-refractivity contribution in [1.29, 1.82) is 5.26 Å². The standard InChI is InChI=1S/C16H18F3N3O4S/c1-2-27(25,26)9-10-3-5-22(6-4-10)15(24)12-7-11(8-20)14(23)21-13(12)16(17,18)19/h7,10H,2-6,9H2,1H3,(H,21,23). The summed E-state index contributed by atoms with van der Waals surface area (Å²) in [6, 6.07) is 2.11. The quantitative estimate of drug-likeness (QED) is 0.817. The first-order chi connectivity index (χ1) is 12.5. The molecule has 1 N–H and O–H groups in total. The average molecular weight is 405 g/mol. The number of amides is 1. The highest BCUT2D eigenvalue weighted by Gasteiger charge is 2.39. The Morgan fingerprint density at radius 1 is 1.37 bits per heavy atom. The molecule has 2 rings (SSSR count). The van der Waals surface area contributed by atoms with Gasteiger partial charge in [0.1, 0.15) is 27.2 Å². The first-order valence-corrected chi connectivity index (χ1v) is 10.0. The molecule has 1 fully saturated rings. The molecule has 1 aromatic heterocycles. The second-order valence-electron chi connectivity index (χ2n) is 6.34. The van der Waals surface area contributed by atoms with E-state index >= 15 is 0 Å². The number of nitrogens with zero attached hydrogens (tertiary/aromatic N) is 2. The fourth-order valence-electron chi connectivity index (χ4n) is 2.96. The maximum atomic E-state index is 13.2. The summed E-state index contributed by atoms with van der Waals surface area (Å²) in [5.41, 5.74) is -4.09. The normalized spacial score (nSPS) is 16.2. The summed E-state index contributed by atoms with van der Waals surface area (Å²) in [6.07, 6.45) is -4.27. The van der Waals surface area contributed by atoms with Crippen molar-refractivity contribution in [3.8, 4) is 6.07 Å². The predicted molar refractivity (Wildman–Crippen MR) is 89.7 cm³/mol. The van der Waals surface area contributed by atoms with Gasteiger partial charge in [-0.25, -0.2) is 8.42 Å². The molecule has 148 valence electrons. The van der Waals surface area contributed by atoms with E-state index in [1.165, 1.54) is 17.9 Å². The van der Waals surface area contributed by atoms with E-state index in [9.17, 15) is 31.2 Å². The highest BCUT2D eigenvalue weighted by molar-refractivity contribution is 7.91. The Balaban J connectivity index is 2.24. The van der Waals surface area contributed by atoms with Crippen molar-refractivity contribution in [2.24, 2.45) is 5.92 Å². The lowest BCUT2D eigenvalue weighted by atomic mass is 9.98. The highest BCUT2D eigenvalue weighted by Crippen LogP contribution is 2.31. The molecule has 7 nitrogen and oxygen atoms in total. The molecule has 0 unspecified atom stereocenters. The van der Waals surface area contributed by atoms with E-state index in [4.69, 9.17) is 5.26 Å². The lowest BCUT2D eigenvalue weighted by molar-refractivity contribution is -0.141. The molecule has 0 aliphatic carbocycles. The molecule has 1 aromatic rings. The summed E-state index contributed by atoms with van der Waals surface area (Å²) in [7, 11) is -3.18. The minimum atomic E-state index is -4.97. The SMILES string of the molecule is CCS(=O)(=O)CC1CCN(C(=O)c2cc(C#N)c(=O)[nH]c2C(F)(F)F)CC1. The van der Waals surface area contributed by atoms with Crippen molar-refractivity contribution >= 4 is 15.7 Å². The van der Waals surface area contributed by atoms with E-state index in [-0.39, 0.29) is 30.5 Å². The van der Waals surface area contributed by atoms with Crippen LogP contribution < -0.4 is 5.56 Å². The van der Waals surface area contributed by atoms with Crippen LogP contribution in [0.15, 0.2) is 10.9 Å². The molecule has 1 amide bonds. The molecule has 0 radical (unpaired) electrons. The molecule has 1 saturated heterocycles. The van der Waals surface area contributed by atoms with Gasteiger partial charge in [0.25, 0.3) is 11.5 Å². The summed E-state index contributed by atoms with van der Waals surface area (Å²) < 4.78 is 62.9. The number of pyridine rings is 1. The molecular weight excluding hydrogens is 387 g/mol. The monoisotopic (exact) mass is 405 g/mol. The summed E-state index contributed by atoms with van der Waals surface area (Å²) >= 11 is 0. The number of halogens is 3. The van der Waals surface area contributed by atoms with Gasteiger partial charge in [-0.2, -0.15) is 18.4 Å². The zero-order valence-corrected chi connectivity index (χ0v) is 15.3. The summed E-state index contributed by atoms with van der Waals surface area (Å²) in [4.78, 5) is 26.8. The van der Waals surface area contributed by atoms with Gasteiger partial charge in [0.15, 0.2) is 0 Å². The molecule has 0 bridgehead atoms. The number of carbonyl (C=O) groups excluding carboxylic acids is 1. The van der Waals surface area contributed by atoms with E-state index in [0.717, 1.165) is 0 Å². The van der Waals surface area contributed by atoms with Gasteiger partial charge in [0, 0.05) is 18.8 Å². The van der Waals surface area contributed by atoms with Crippen LogP contribution in [0.5, 0.6) is 0 Å². The lowest BCUT2D eigenvalue weighted by Crippen LogP contribution is -2.41. The topological polar surface area (TPSA) is 111 Å². The number of aromatic nitrogens is 1. The van der Waals surface area contributed by atoms with Crippen LogP contribution in [-0.2, 0) is 16.0 Å². The fourth-order valence-corrected chi connectivity index (χ4v) is 4.24. The van der Waals surface area contributed by atoms with Gasteiger partial charge >= 0.3 is 6.18 Å². The number of piperidine rings is 1. The number of nitrogens with one attached hydrogen (secondary N) is 1. The van der Waals surface area contributed by atoms with E-state index in [1.54, 1.807) is 4.98 Å². The Hall–Kier alpha value is -2.35. The zero-order chi connectivity index (χ0) is 20.4. The molecule has 11 heteroatoms. The van der Waals surface area contributed by atoms with Crippen molar-refractivity contribution in [1.82, 2.24) is 9.88 Å². The van der Waals surface area contributed by atoms with Gasteiger partial charge in [-0.3, -0.25) is 9.59 Å². The second-order valence-corrected chi connectivity index (χ2v) is 8.74. The third kappa shape index (κ3) is 4.88. The minimum absolute atomic E-state index is 0.00933. The van der Waals surface area contributed by atoms with Crippen molar-refractivity contribution in [2.45, 2.75) is 25.9 Å². The Morgan fingerprint density at radius 3 is 2.44 bits per heavy atom. The largest absolute Gasteiger partial charge is 0.432 e. The summed E-state index contributed by atoms with van der Waals surface area (Å²) in [5, 5.41) is 8.86. The van der Waals surface area contributed by atoms with Crippen LogP contribution in [0.3, 0.4) is 0 Å². The molecule has 0 aromatic carbocycles. The van der Waals surface area contributed by atoms with Crippen LogP contribution in [-0.4, -0.2) is 48.8 Å². The zero-order valence-electron chi connectivity index (χ0n) is 14.5. The maximum absolute atomic E-state index is 13.2. The number of H-pyrrole nitrogens is 1. The van der Waals surface area contributed by atoms with E-state index < -0.39 is 44.3 Å². The molecule has 0 spiro atoms. The van der Waals surface area contributed by atoms with Crippen molar-refractivity contribution < 1.29 is 26.4 Å². The van der Waals surface area contributed by atoms with Crippen molar-refractivity contribution in [2.75, 3.05) is 24.6 Å². The number of likely N-dealkylation sites (tertiary alicyclic amines) is 1. The van der Waals surface area contributed by atoms with Gasteiger partial charge in [0.2, 0.25) is 0 Å². The number of hydrogen-bond acceptors (Lipinski definition) is 5. The van der Waals surface area contributed by atoms with Crippen LogP contribution in [0.25, 0.3) is 0 Å². The smallest absolute Gasteiger partial charge is 0.339 e. The van der Waals surface area contributed by atoms with Gasteiger partial charge in [-0.1, -0.05) is 6.92 Å². The van der Waals surface area contributed by atoms with Gasteiger partial charge < -0.3 is 9.88 Å². The van der Waals surface area contributed by atoms with E-state index in [1.807, 2.05) is 0 Å². The van der Waals surface area contributed by atoms with E-state index in [0.29, 0.717) is 18.9 Å². The fraction of sp³-hybridized carbons (Fsp3) is 0.562. The van der Waals surface area contributed by atoms with Crippen LogP contribution in [0.2, 0.25) is 0 Å². The molecular formula is C16H18F3N3O4S. The molecule has 1 aliphatic rings. The average Bonchev–Trinajstić information content (AvgIpc) is 2.60. The van der Waals surface area contributed by atoms with Gasteiger partial charge in [-0.05, 0) is 24.8 Å². The molecule has 1 aliphatic heterocycles. The molecule has 2 heterocycles. The molecule has 0 atom stereocenters. The Morgan fingerprint density at radius 2 is 1.96 bits per heavy atom. The lowest BCUT2D eigenvalue weighted by Gasteiger charge is -2.32. The number of sulfone groups is 1. The number of rotatable bonds is 4. The third-order valence-corrected chi connectivity index (χ3v) is 6.37. The Bertz CT molecular complexity index is 924. The van der Waals surface area contributed by atoms with Gasteiger partial charge in [0.05, 0.1) is 11.3 Å². The van der Waals surface area contributed by atoms with E-state index in [2.05, 4.69) is 0 Å². The highest BCUT2D eigenvalue weighted by atomic mass is 32.2. The first-order valence-electron chi connectivity index (χ1n) is 8.22. The minimum Gasteiger partial charge on any atom is -0.339 e. The number of aromatic amines is 1. The van der Waals surface area contributed by atoms with Crippen molar-refractivity contribution in [3.63, 3.8) is 0 Å². The first kappa shape index (κ1) is 21.0. The second kappa shape index (κ2) is 7.72. The molecule has 0 saturated carbocycles. The third-order valence-electron chi connectivity index (χ3n) is 4.51. The predicted octanol–water partition coefficient (Wildman–Crippen LogP) is 1.55. The Kier molecular flexibility index (Phi) is 5.99. The van der Waals surface area contributed by atoms with Crippen molar-refractivity contribution in [3.05, 3.63) is 33.2 Å².